The number of hydrogen-bond acceptors (Lipinski definition) is 6. The fourth-order valence-corrected chi connectivity index (χ4v) is 5.33. The highest BCUT2D eigenvalue weighted by molar-refractivity contribution is 5.96. The standard InChI is InChI=1S/C33H43N5O5/c1-21(2)19-27(36-30(39)22(3)37(4)5)33(42)38-18-16-28-29(38)32(41)35-26(20-24-9-7-6-8-10-24)31(40)34-17-15-23-11-13-25(43-28)14-12-23/h6-15,17,21-22,26-29H,16,18-20H2,1-5H3,(H,34,40)(H,35,41)(H,36,39)/t22-,26-,27+,28+,29+/m0/s1. The number of carbonyl (C=O) groups excluding carboxylic acids is 4. The molecule has 0 spiro atoms. The van der Waals surface area contributed by atoms with Crippen molar-refractivity contribution in [1.29, 1.82) is 0 Å². The second-order valence-corrected chi connectivity index (χ2v) is 11.9. The van der Waals surface area contributed by atoms with E-state index in [1.165, 1.54) is 4.90 Å². The Hall–Kier alpha value is -4.18. The molecule has 0 saturated carbocycles. The zero-order valence-electron chi connectivity index (χ0n) is 25.6. The van der Waals surface area contributed by atoms with Gasteiger partial charge in [-0.3, -0.25) is 24.1 Å². The van der Waals surface area contributed by atoms with Crippen molar-refractivity contribution < 1.29 is 23.9 Å². The summed E-state index contributed by atoms with van der Waals surface area (Å²) in [5, 5.41) is 8.64. The number of amides is 4. The van der Waals surface area contributed by atoms with Crippen LogP contribution in [0.15, 0.2) is 60.8 Å². The molecule has 43 heavy (non-hydrogen) atoms. The molecule has 2 aromatic carbocycles. The van der Waals surface area contributed by atoms with Crippen LogP contribution in [0.25, 0.3) is 6.08 Å². The van der Waals surface area contributed by atoms with E-state index in [2.05, 4.69) is 16.0 Å². The van der Waals surface area contributed by atoms with Gasteiger partial charge in [-0.25, -0.2) is 0 Å². The highest BCUT2D eigenvalue weighted by Crippen LogP contribution is 2.27. The van der Waals surface area contributed by atoms with Crippen LogP contribution >= 0.6 is 0 Å². The second-order valence-electron chi connectivity index (χ2n) is 11.9. The van der Waals surface area contributed by atoms with Crippen LogP contribution in [-0.4, -0.2) is 84.3 Å². The van der Waals surface area contributed by atoms with Crippen LogP contribution < -0.4 is 20.7 Å². The summed E-state index contributed by atoms with van der Waals surface area (Å²) in [6.45, 7) is 6.01. The maximum absolute atomic E-state index is 14.1. The van der Waals surface area contributed by atoms with Gasteiger partial charge in [-0.2, -0.15) is 0 Å². The number of carbonyl (C=O) groups is 4. The summed E-state index contributed by atoms with van der Waals surface area (Å²) in [6.07, 6.45) is 3.76. The average Bonchev–Trinajstić information content (AvgIpc) is 3.39. The van der Waals surface area contributed by atoms with Gasteiger partial charge in [0.1, 0.15) is 30.0 Å². The lowest BCUT2D eigenvalue weighted by molar-refractivity contribution is -0.144. The summed E-state index contributed by atoms with van der Waals surface area (Å²) >= 11 is 0. The van der Waals surface area contributed by atoms with Crippen molar-refractivity contribution >= 4 is 29.7 Å². The zero-order chi connectivity index (χ0) is 31.1. The monoisotopic (exact) mass is 589 g/mol. The summed E-state index contributed by atoms with van der Waals surface area (Å²) in [5.41, 5.74) is 1.75. The van der Waals surface area contributed by atoms with Crippen molar-refractivity contribution in [3.63, 3.8) is 0 Å². The molecule has 1 fully saturated rings. The lowest BCUT2D eigenvalue weighted by Crippen LogP contribution is -2.60. The molecule has 10 nitrogen and oxygen atoms in total. The molecule has 230 valence electrons. The summed E-state index contributed by atoms with van der Waals surface area (Å²) < 4.78 is 6.31. The molecule has 2 aromatic rings. The first-order valence-corrected chi connectivity index (χ1v) is 14.9. The van der Waals surface area contributed by atoms with Crippen molar-refractivity contribution in [2.75, 3.05) is 20.6 Å². The van der Waals surface area contributed by atoms with Crippen LogP contribution in [0.2, 0.25) is 0 Å². The van der Waals surface area contributed by atoms with Gasteiger partial charge in [-0.15, -0.1) is 0 Å². The number of fused-ring (bicyclic) bond motifs is 7. The van der Waals surface area contributed by atoms with E-state index in [1.54, 1.807) is 50.3 Å². The Morgan fingerprint density at radius 3 is 2.37 bits per heavy atom. The summed E-state index contributed by atoms with van der Waals surface area (Å²) in [6, 6.07) is 13.6. The predicted molar refractivity (Wildman–Crippen MR) is 165 cm³/mol. The van der Waals surface area contributed by atoms with Gasteiger partial charge in [0.25, 0.3) is 0 Å². The van der Waals surface area contributed by atoms with E-state index in [1.807, 2.05) is 56.3 Å². The van der Waals surface area contributed by atoms with E-state index in [9.17, 15) is 19.2 Å². The third-order valence-corrected chi connectivity index (χ3v) is 7.95. The lowest BCUT2D eigenvalue weighted by atomic mass is 10.0. The third-order valence-electron chi connectivity index (χ3n) is 7.95. The molecule has 2 bridgehead atoms. The van der Waals surface area contributed by atoms with Gasteiger partial charge in [0.2, 0.25) is 23.6 Å². The Morgan fingerprint density at radius 1 is 1.02 bits per heavy atom. The lowest BCUT2D eigenvalue weighted by Gasteiger charge is -2.33. The van der Waals surface area contributed by atoms with Gasteiger partial charge in [0.15, 0.2) is 0 Å². The Bertz CT molecular complexity index is 1310. The van der Waals surface area contributed by atoms with Gasteiger partial charge in [0, 0.05) is 25.6 Å². The van der Waals surface area contributed by atoms with Crippen LogP contribution in [0, 0.1) is 5.92 Å². The van der Waals surface area contributed by atoms with Crippen LogP contribution in [0.5, 0.6) is 5.75 Å². The molecular formula is C33H43N5O5. The number of hydrogen-bond donors (Lipinski definition) is 3. The zero-order valence-corrected chi connectivity index (χ0v) is 25.6. The van der Waals surface area contributed by atoms with E-state index in [-0.39, 0.29) is 36.6 Å². The Kier molecular flexibility index (Phi) is 10.6. The minimum atomic E-state index is -1.01. The van der Waals surface area contributed by atoms with Gasteiger partial charge in [-0.1, -0.05) is 56.3 Å². The molecule has 5 atom stereocenters. The van der Waals surface area contributed by atoms with Gasteiger partial charge in [0.05, 0.1) is 6.04 Å². The van der Waals surface area contributed by atoms with Gasteiger partial charge >= 0.3 is 0 Å². The Balaban J connectivity index is 1.67. The minimum Gasteiger partial charge on any atom is -0.488 e. The van der Waals surface area contributed by atoms with Crippen molar-refractivity contribution in [3.8, 4) is 5.75 Å². The number of likely N-dealkylation sites (tertiary alicyclic amines) is 1. The smallest absolute Gasteiger partial charge is 0.247 e. The number of rotatable bonds is 8. The normalized spacial score (nSPS) is 21.8. The number of likely N-dealkylation sites (N-methyl/N-ethyl adjacent to an activating group) is 1. The molecular weight excluding hydrogens is 546 g/mol. The maximum atomic E-state index is 14.1. The first-order valence-electron chi connectivity index (χ1n) is 14.9. The molecule has 0 aliphatic carbocycles. The fraction of sp³-hybridized carbons (Fsp3) is 0.455. The van der Waals surface area contributed by atoms with Gasteiger partial charge in [-0.05, 0) is 62.7 Å². The number of benzene rings is 2. The van der Waals surface area contributed by atoms with Crippen molar-refractivity contribution in [1.82, 2.24) is 25.8 Å². The molecule has 3 aliphatic rings. The predicted octanol–water partition coefficient (Wildman–Crippen LogP) is 2.34. The second kappa shape index (κ2) is 14.3. The van der Waals surface area contributed by atoms with Crippen molar-refractivity contribution in [3.05, 3.63) is 71.9 Å². The molecule has 4 amide bonds. The Labute approximate surface area is 253 Å². The highest BCUT2D eigenvalue weighted by Gasteiger charge is 2.46. The molecule has 10 heteroatoms. The molecule has 1 saturated heterocycles. The van der Waals surface area contributed by atoms with Crippen LogP contribution in [0.4, 0.5) is 0 Å². The SMILES string of the molecule is CC(C)C[C@@H](NC(=O)[C@H](C)N(C)C)C(=O)N1CC[C@H]2Oc3ccc(cc3)C=CNC(=O)[C@H](Cc3ccccc3)NC(=O)[C@@H]21. The van der Waals surface area contributed by atoms with E-state index in [0.29, 0.717) is 18.6 Å². The van der Waals surface area contributed by atoms with Crippen molar-refractivity contribution in [2.45, 2.75) is 70.3 Å². The Morgan fingerprint density at radius 2 is 1.72 bits per heavy atom. The largest absolute Gasteiger partial charge is 0.488 e. The first kappa shape index (κ1) is 31.7. The minimum absolute atomic E-state index is 0.113. The maximum Gasteiger partial charge on any atom is 0.247 e. The molecule has 0 unspecified atom stereocenters. The summed E-state index contributed by atoms with van der Waals surface area (Å²) in [5.74, 6) is -0.786. The summed E-state index contributed by atoms with van der Waals surface area (Å²) in [7, 11) is 3.60. The number of nitrogens with zero attached hydrogens (tertiary/aromatic N) is 2. The van der Waals surface area contributed by atoms with Crippen LogP contribution in [-0.2, 0) is 25.6 Å². The number of nitrogens with one attached hydrogen (secondary N) is 3. The molecule has 0 radical (unpaired) electrons. The van der Waals surface area contributed by atoms with E-state index < -0.39 is 36.2 Å². The molecule has 3 heterocycles. The average molecular weight is 590 g/mol. The quantitative estimate of drug-likeness (QED) is 0.435. The topological polar surface area (TPSA) is 120 Å². The van der Waals surface area contributed by atoms with Crippen LogP contribution in [0.3, 0.4) is 0 Å². The molecule has 5 rings (SSSR count). The van der Waals surface area contributed by atoms with Crippen molar-refractivity contribution in [2.24, 2.45) is 5.92 Å². The third kappa shape index (κ3) is 8.22. The molecule has 0 aromatic heterocycles. The first-order chi connectivity index (χ1) is 20.5. The number of ether oxygens (including phenoxy) is 1. The fourth-order valence-electron chi connectivity index (χ4n) is 5.33. The van der Waals surface area contributed by atoms with Gasteiger partial charge < -0.3 is 25.6 Å². The van der Waals surface area contributed by atoms with Crippen LogP contribution in [0.1, 0.15) is 44.7 Å². The van der Waals surface area contributed by atoms with E-state index in [0.717, 1.165) is 11.1 Å². The van der Waals surface area contributed by atoms with E-state index >= 15 is 0 Å². The highest BCUT2D eigenvalue weighted by atomic mass is 16.5. The molecule has 3 aliphatic heterocycles. The summed E-state index contributed by atoms with van der Waals surface area (Å²) in [4.78, 5) is 57.8. The van der Waals surface area contributed by atoms with E-state index in [4.69, 9.17) is 4.74 Å². The molecule has 3 N–H and O–H groups in total.